The zero-order chi connectivity index (χ0) is 19.5. The molecule has 1 N–H and O–H groups in total. The average molecular weight is 398 g/mol. The van der Waals surface area contributed by atoms with Crippen molar-refractivity contribution in [1.29, 1.82) is 0 Å². The molecule has 0 radical (unpaired) electrons. The van der Waals surface area contributed by atoms with E-state index in [0.29, 0.717) is 27.7 Å². The second kappa shape index (κ2) is 8.18. The lowest BCUT2D eigenvalue weighted by Crippen LogP contribution is -2.40. The highest BCUT2D eigenvalue weighted by molar-refractivity contribution is 7.17. The smallest absolute Gasteiger partial charge is 0.259 e. The summed E-state index contributed by atoms with van der Waals surface area (Å²) >= 11 is 1.18. The Morgan fingerprint density at radius 2 is 1.93 bits per heavy atom. The normalized spacial score (nSPS) is 19.6. The maximum Gasteiger partial charge on any atom is 0.259 e. The summed E-state index contributed by atoms with van der Waals surface area (Å²) in [5, 5.41) is 3.12. The van der Waals surface area contributed by atoms with Crippen LogP contribution >= 0.6 is 11.3 Å². The number of hydrogen-bond acceptors (Lipinski definition) is 6. The van der Waals surface area contributed by atoms with Crippen LogP contribution in [0.3, 0.4) is 0 Å². The summed E-state index contributed by atoms with van der Waals surface area (Å²) in [5.41, 5.74) is 1.05. The molecular formula is C20H22N4O3S. The Kier molecular flexibility index (Phi) is 5.47. The van der Waals surface area contributed by atoms with E-state index in [1.165, 1.54) is 17.5 Å². The number of fused-ring (bicyclic) bond motifs is 1. The van der Waals surface area contributed by atoms with E-state index in [1.807, 2.05) is 4.90 Å². The van der Waals surface area contributed by atoms with Crippen molar-refractivity contribution in [3.05, 3.63) is 40.7 Å². The third kappa shape index (κ3) is 3.96. The molecule has 1 saturated heterocycles. The van der Waals surface area contributed by atoms with Crippen LogP contribution in [0.25, 0.3) is 0 Å². The fourth-order valence-electron chi connectivity index (χ4n) is 3.77. The van der Waals surface area contributed by atoms with Crippen molar-refractivity contribution >= 4 is 34.1 Å². The van der Waals surface area contributed by atoms with Gasteiger partial charge in [-0.05, 0) is 25.0 Å². The van der Waals surface area contributed by atoms with Crippen molar-refractivity contribution < 1.29 is 14.4 Å². The van der Waals surface area contributed by atoms with Crippen LogP contribution in [0.2, 0.25) is 0 Å². The van der Waals surface area contributed by atoms with E-state index >= 15 is 0 Å². The standard InChI is InChI=1S/C20H22N4O3S/c25-16-11-14(19(27)24-8-3-1-2-4-9-24)10-15-17(16)28-20(22-15)23-18(26)13-6-5-7-21-12-13/h5-7,12,14H,1-4,8-11H2,(H,22,23,26)/t14-/m1/s1. The van der Waals surface area contributed by atoms with Gasteiger partial charge in [-0.2, -0.15) is 0 Å². The first-order chi connectivity index (χ1) is 13.6. The number of anilines is 1. The molecule has 1 fully saturated rings. The number of aromatic nitrogens is 2. The number of carbonyl (C=O) groups is 3. The van der Waals surface area contributed by atoms with Crippen LogP contribution in [0.5, 0.6) is 0 Å². The van der Waals surface area contributed by atoms with Gasteiger partial charge < -0.3 is 4.90 Å². The summed E-state index contributed by atoms with van der Waals surface area (Å²) in [6, 6.07) is 3.35. The van der Waals surface area contributed by atoms with Gasteiger partial charge in [0.05, 0.1) is 22.1 Å². The number of thiazole rings is 1. The third-order valence-electron chi connectivity index (χ3n) is 5.23. The summed E-state index contributed by atoms with van der Waals surface area (Å²) in [5.74, 6) is -0.658. The summed E-state index contributed by atoms with van der Waals surface area (Å²) in [7, 11) is 0. The first-order valence-corrected chi connectivity index (χ1v) is 10.5. The number of amides is 2. The van der Waals surface area contributed by atoms with Crippen LogP contribution in [0, 0.1) is 5.92 Å². The molecule has 0 saturated carbocycles. The van der Waals surface area contributed by atoms with E-state index in [1.54, 1.807) is 18.3 Å². The Morgan fingerprint density at radius 1 is 1.14 bits per heavy atom. The third-order valence-corrected chi connectivity index (χ3v) is 6.29. The molecule has 28 heavy (non-hydrogen) atoms. The Morgan fingerprint density at radius 3 is 2.64 bits per heavy atom. The molecule has 2 amide bonds. The van der Waals surface area contributed by atoms with Crippen molar-refractivity contribution in [3.63, 3.8) is 0 Å². The van der Waals surface area contributed by atoms with Gasteiger partial charge in [-0.15, -0.1) is 0 Å². The Hall–Kier alpha value is -2.61. The molecule has 2 aromatic rings. The van der Waals surface area contributed by atoms with Crippen LogP contribution in [0.1, 0.15) is 57.8 Å². The molecule has 2 aliphatic rings. The van der Waals surface area contributed by atoms with E-state index in [-0.39, 0.29) is 29.9 Å². The molecule has 0 spiro atoms. The van der Waals surface area contributed by atoms with E-state index < -0.39 is 0 Å². The average Bonchev–Trinajstić information content (AvgIpc) is 2.93. The van der Waals surface area contributed by atoms with Gasteiger partial charge in [0.15, 0.2) is 10.9 Å². The maximum atomic E-state index is 12.9. The van der Waals surface area contributed by atoms with Crippen LogP contribution in [-0.4, -0.2) is 45.6 Å². The SMILES string of the molecule is O=C(Nc1nc2c(s1)C(=O)C[C@H](C(=O)N1CCCCCC1)C2)c1cccnc1. The van der Waals surface area contributed by atoms with E-state index in [4.69, 9.17) is 0 Å². The van der Waals surface area contributed by atoms with Crippen molar-refractivity contribution in [2.24, 2.45) is 5.92 Å². The van der Waals surface area contributed by atoms with Gasteiger partial charge in [0.25, 0.3) is 5.91 Å². The number of Topliss-reactive ketones (excluding diaryl/α,β-unsaturated/α-hetero) is 1. The number of nitrogens with one attached hydrogen (secondary N) is 1. The van der Waals surface area contributed by atoms with Gasteiger partial charge in [0, 0.05) is 38.3 Å². The highest BCUT2D eigenvalue weighted by Crippen LogP contribution is 2.33. The number of hydrogen-bond donors (Lipinski definition) is 1. The van der Waals surface area contributed by atoms with E-state index in [9.17, 15) is 14.4 Å². The van der Waals surface area contributed by atoms with Crippen molar-refractivity contribution in [1.82, 2.24) is 14.9 Å². The monoisotopic (exact) mass is 398 g/mol. The van der Waals surface area contributed by atoms with Gasteiger partial charge >= 0.3 is 0 Å². The minimum atomic E-state index is -0.345. The minimum Gasteiger partial charge on any atom is -0.342 e. The van der Waals surface area contributed by atoms with E-state index in [2.05, 4.69) is 15.3 Å². The molecule has 8 heteroatoms. The van der Waals surface area contributed by atoms with Crippen molar-refractivity contribution in [2.45, 2.75) is 38.5 Å². The van der Waals surface area contributed by atoms with E-state index in [0.717, 1.165) is 38.8 Å². The first-order valence-electron chi connectivity index (χ1n) is 9.65. The lowest BCUT2D eigenvalue weighted by atomic mass is 9.89. The fraction of sp³-hybridized carbons (Fsp3) is 0.450. The fourth-order valence-corrected chi connectivity index (χ4v) is 4.71. The molecule has 4 rings (SSSR count). The molecule has 146 valence electrons. The Bertz CT molecular complexity index is 888. The molecule has 1 aliphatic heterocycles. The zero-order valence-corrected chi connectivity index (χ0v) is 16.3. The van der Waals surface area contributed by atoms with Gasteiger partial charge in [-0.1, -0.05) is 24.2 Å². The highest BCUT2D eigenvalue weighted by atomic mass is 32.1. The number of ketones is 1. The molecule has 2 aromatic heterocycles. The molecular weight excluding hydrogens is 376 g/mol. The number of nitrogens with zero attached hydrogens (tertiary/aromatic N) is 3. The second-order valence-electron chi connectivity index (χ2n) is 7.26. The Labute approximate surface area is 167 Å². The number of likely N-dealkylation sites (tertiary alicyclic amines) is 1. The number of rotatable bonds is 3. The predicted octanol–water partition coefficient (Wildman–Crippen LogP) is 2.94. The maximum absolute atomic E-state index is 12.9. The molecule has 3 heterocycles. The summed E-state index contributed by atoms with van der Waals surface area (Å²) < 4.78 is 0. The molecule has 1 atom stereocenters. The Balaban J connectivity index is 1.47. The lowest BCUT2D eigenvalue weighted by molar-refractivity contribution is -0.135. The summed E-state index contributed by atoms with van der Waals surface area (Å²) in [6.45, 7) is 1.56. The van der Waals surface area contributed by atoms with Gasteiger partial charge in [0.1, 0.15) is 0 Å². The number of carbonyl (C=O) groups excluding carboxylic acids is 3. The minimum absolute atomic E-state index is 0.0613. The lowest BCUT2D eigenvalue weighted by Gasteiger charge is -2.27. The summed E-state index contributed by atoms with van der Waals surface area (Å²) in [4.78, 5) is 48.6. The largest absolute Gasteiger partial charge is 0.342 e. The molecule has 1 aliphatic carbocycles. The van der Waals surface area contributed by atoms with Crippen LogP contribution < -0.4 is 5.32 Å². The molecule has 0 unspecified atom stereocenters. The van der Waals surface area contributed by atoms with Crippen LogP contribution in [0.15, 0.2) is 24.5 Å². The number of pyridine rings is 1. The zero-order valence-electron chi connectivity index (χ0n) is 15.5. The molecule has 0 aromatic carbocycles. The second-order valence-corrected chi connectivity index (χ2v) is 8.26. The predicted molar refractivity (Wildman–Crippen MR) is 105 cm³/mol. The van der Waals surface area contributed by atoms with Gasteiger partial charge in [0.2, 0.25) is 5.91 Å². The van der Waals surface area contributed by atoms with Crippen molar-refractivity contribution in [3.8, 4) is 0 Å². The van der Waals surface area contributed by atoms with Crippen LogP contribution in [-0.2, 0) is 11.2 Å². The first kappa shape index (κ1) is 18.7. The topological polar surface area (TPSA) is 92.3 Å². The van der Waals surface area contributed by atoms with Crippen molar-refractivity contribution in [2.75, 3.05) is 18.4 Å². The molecule has 0 bridgehead atoms. The van der Waals surface area contributed by atoms with Gasteiger partial charge in [-0.3, -0.25) is 24.7 Å². The van der Waals surface area contributed by atoms with Crippen LogP contribution in [0.4, 0.5) is 5.13 Å². The summed E-state index contributed by atoms with van der Waals surface area (Å²) in [6.07, 6.45) is 8.12. The molecule has 7 nitrogen and oxygen atoms in total. The highest BCUT2D eigenvalue weighted by Gasteiger charge is 2.35. The van der Waals surface area contributed by atoms with Gasteiger partial charge in [-0.25, -0.2) is 4.98 Å². The quantitative estimate of drug-likeness (QED) is 0.858.